The minimum atomic E-state index is 0.554. The molecule has 0 atom stereocenters. The highest BCUT2D eigenvalue weighted by Crippen LogP contribution is 2.27. The lowest BCUT2D eigenvalue weighted by atomic mass is 10.2. The third kappa shape index (κ3) is 5.00. The van der Waals surface area contributed by atoms with Gasteiger partial charge in [0.15, 0.2) is 0 Å². The van der Waals surface area contributed by atoms with Gasteiger partial charge in [0.2, 0.25) is 0 Å². The standard InChI is InChI=1S/C21H19BrClNO/c1-15-7-9-18(12-20(15)23)24-13-17-8-10-21(19(22)11-17)25-14-16-5-3-2-4-6-16/h2-12,24H,13-14H2,1H3. The third-order valence-electron chi connectivity index (χ3n) is 3.90. The lowest BCUT2D eigenvalue weighted by Crippen LogP contribution is -2.01. The van der Waals surface area contributed by atoms with Crippen LogP contribution >= 0.6 is 27.5 Å². The van der Waals surface area contributed by atoms with E-state index in [1.165, 1.54) is 0 Å². The van der Waals surface area contributed by atoms with Gasteiger partial charge in [-0.3, -0.25) is 0 Å². The molecule has 0 saturated carbocycles. The van der Waals surface area contributed by atoms with Crippen molar-refractivity contribution in [2.75, 3.05) is 5.32 Å². The second-order valence-corrected chi connectivity index (χ2v) is 7.12. The van der Waals surface area contributed by atoms with E-state index in [9.17, 15) is 0 Å². The fraction of sp³-hybridized carbons (Fsp3) is 0.143. The van der Waals surface area contributed by atoms with Crippen LogP contribution in [0.5, 0.6) is 5.75 Å². The van der Waals surface area contributed by atoms with Crippen molar-refractivity contribution in [2.45, 2.75) is 20.1 Å². The Kier molecular flexibility index (Phi) is 6.00. The zero-order chi connectivity index (χ0) is 17.6. The van der Waals surface area contributed by atoms with E-state index in [1.807, 2.05) is 49.4 Å². The molecule has 1 N–H and O–H groups in total. The van der Waals surface area contributed by atoms with Gasteiger partial charge in [0.1, 0.15) is 12.4 Å². The maximum Gasteiger partial charge on any atom is 0.134 e. The van der Waals surface area contributed by atoms with E-state index in [0.29, 0.717) is 6.61 Å². The highest BCUT2D eigenvalue weighted by Gasteiger charge is 2.04. The maximum atomic E-state index is 6.16. The normalized spacial score (nSPS) is 10.5. The summed E-state index contributed by atoms with van der Waals surface area (Å²) in [4.78, 5) is 0. The molecule has 3 rings (SSSR count). The molecule has 0 spiro atoms. The van der Waals surface area contributed by atoms with Crippen LogP contribution in [0, 0.1) is 6.92 Å². The molecule has 0 aliphatic heterocycles. The molecule has 0 radical (unpaired) electrons. The number of rotatable bonds is 6. The topological polar surface area (TPSA) is 21.3 Å². The molecule has 3 aromatic carbocycles. The minimum absolute atomic E-state index is 0.554. The van der Waals surface area contributed by atoms with E-state index in [4.69, 9.17) is 16.3 Å². The third-order valence-corrected chi connectivity index (χ3v) is 4.93. The van der Waals surface area contributed by atoms with Crippen molar-refractivity contribution in [2.24, 2.45) is 0 Å². The quantitative estimate of drug-likeness (QED) is 0.488. The summed E-state index contributed by atoms with van der Waals surface area (Å²) >= 11 is 9.76. The number of hydrogen-bond donors (Lipinski definition) is 1. The van der Waals surface area contributed by atoms with Crippen molar-refractivity contribution in [3.63, 3.8) is 0 Å². The predicted molar refractivity (Wildman–Crippen MR) is 108 cm³/mol. The SMILES string of the molecule is Cc1ccc(NCc2ccc(OCc3ccccc3)c(Br)c2)cc1Cl. The molecule has 0 saturated heterocycles. The summed E-state index contributed by atoms with van der Waals surface area (Å²) in [6.07, 6.45) is 0. The Morgan fingerprint density at radius 1 is 0.960 bits per heavy atom. The van der Waals surface area contributed by atoms with Crippen molar-refractivity contribution in [1.29, 1.82) is 0 Å². The zero-order valence-electron chi connectivity index (χ0n) is 13.9. The lowest BCUT2D eigenvalue weighted by molar-refractivity contribution is 0.304. The second kappa shape index (κ2) is 8.41. The molecule has 0 heterocycles. The second-order valence-electron chi connectivity index (χ2n) is 5.86. The summed E-state index contributed by atoms with van der Waals surface area (Å²) in [5, 5.41) is 4.16. The van der Waals surface area contributed by atoms with E-state index in [2.05, 4.69) is 45.5 Å². The van der Waals surface area contributed by atoms with Gasteiger partial charge in [-0.25, -0.2) is 0 Å². The van der Waals surface area contributed by atoms with Gasteiger partial charge < -0.3 is 10.1 Å². The van der Waals surface area contributed by atoms with Crippen LogP contribution in [0.1, 0.15) is 16.7 Å². The van der Waals surface area contributed by atoms with Gasteiger partial charge in [-0.1, -0.05) is 54.1 Å². The number of aryl methyl sites for hydroxylation is 1. The molecule has 0 aliphatic carbocycles. The van der Waals surface area contributed by atoms with Crippen LogP contribution in [-0.2, 0) is 13.2 Å². The molecule has 0 aromatic heterocycles. The smallest absolute Gasteiger partial charge is 0.134 e. The molecule has 0 bridgehead atoms. The molecular formula is C21H19BrClNO. The monoisotopic (exact) mass is 415 g/mol. The van der Waals surface area contributed by atoms with Crippen LogP contribution in [0.15, 0.2) is 71.2 Å². The summed E-state index contributed by atoms with van der Waals surface area (Å²) < 4.78 is 6.83. The Morgan fingerprint density at radius 3 is 2.48 bits per heavy atom. The van der Waals surface area contributed by atoms with Crippen LogP contribution in [-0.4, -0.2) is 0 Å². The molecule has 0 amide bonds. The van der Waals surface area contributed by atoms with Gasteiger partial charge in [-0.05, 0) is 63.8 Å². The van der Waals surface area contributed by atoms with Gasteiger partial charge in [0, 0.05) is 17.3 Å². The molecule has 25 heavy (non-hydrogen) atoms. The van der Waals surface area contributed by atoms with Gasteiger partial charge in [0.25, 0.3) is 0 Å². The fourth-order valence-electron chi connectivity index (χ4n) is 2.41. The van der Waals surface area contributed by atoms with Crippen molar-refractivity contribution in [3.05, 3.63) is 92.9 Å². The van der Waals surface area contributed by atoms with Gasteiger partial charge in [-0.15, -0.1) is 0 Å². The van der Waals surface area contributed by atoms with E-state index < -0.39 is 0 Å². The average Bonchev–Trinajstić information content (AvgIpc) is 2.63. The largest absolute Gasteiger partial charge is 0.488 e. The van der Waals surface area contributed by atoms with Crippen LogP contribution < -0.4 is 10.1 Å². The van der Waals surface area contributed by atoms with Crippen LogP contribution in [0.4, 0.5) is 5.69 Å². The Labute approximate surface area is 161 Å². The minimum Gasteiger partial charge on any atom is -0.488 e. The number of ether oxygens (including phenoxy) is 1. The summed E-state index contributed by atoms with van der Waals surface area (Å²) in [5.74, 6) is 0.839. The van der Waals surface area contributed by atoms with Gasteiger partial charge in [-0.2, -0.15) is 0 Å². The first-order chi connectivity index (χ1) is 12.1. The van der Waals surface area contributed by atoms with Gasteiger partial charge >= 0.3 is 0 Å². The summed E-state index contributed by atoms with van der Waals surface area (Å²) in [5.41, 5.74) is 4.40. The van der Waals surface area contributed by atoms with Crippen LogP contribution in [0.2, 0.25) is 5.02 Å². The van der Waals surface area contributed by atoms with Crippen molar-refractivity contribution in [3.8, 4) is 5.75 Å². The Balaban J connectivity index is 1.60. The Morgan fingerprint density at radius 2 is 1.76 bits per heavy atom. The number of anilines is 1. The number of nitrogens with one attached hydrogen (secondary N) is 1. The Hall–Kier alpha value is -1.97. The van der Waals surface area contributed by atoms with E-state index in [1.54, 1.807) is 0 Å². The van der Waals surface area contributed by atoms with E-state index in [-0.39, 0.29) is 0 Å². The molecule has 0 fully saturated rings. The zero-order valence-corrected chi connectivity index (χ0v) is 16.3. The van der Waals surface area contributed by atoms with Crippen molar-refractivity contribution >= 4 is 33.2 Å². The van der Waals surface area contributed by atoms with Crippen LogP contribution in [0.25, 0.3) is 0 Å². The molecule has 0 unspecified atom stereocenters. The number of halogens is 2. The molecule has 0 aliphatic rings. The Bertz CT molecular complexity index is 852. The molecule has 128 valence electrons. The molecule has 2 nitrogen and oxygen atoms in total. The lowest BCUT2D eigenvalue weighted by Gasteiger charge is -2.11. The molecule has 3 aromatic rings. The summed E-state index contributed by atoms with van der Waals surface area (Å²) in [7, 11) is 0. The molecule has 4 heteroatoms. The van der Waals surface area contributed by atoms with E-state index in [0.717, 1.165) is 44.2 Å². The molecular weight excluding hydrogens is 398 g/mol. The first-order valence-corrected chi connectivity index (χ1v) is 9.24. The average molecular weight is 417 g/mol. The highest BCUT2D eigenvalue weighted by molar-refractivity contribution is 9.10. The highest BCUT2D eigenvalue weighted by atomic mass is 79.9. The van der Waals surface area contributed by atoms with E-state index >= 15 is 0 Å². The van der Waals surface area contributed by atoms with Crippen molar-refractivity contribution in [1.82, 2.24) is 0 Å². The van der Waals surface area contributed by atoms with Crippen LogP contribution in [0.3, 0.4) is 0 Å². The van der Waals surface area contributed by atoms with Crippen molar-refractivity contribution < 1.29 is 4.74 Å². The maximum absolute atomic E-state index is 6.16. The first kappa shape index (κ1) is 17.8. The summed E-state index contributed by atoms with van der Waals surface area (Å²) in [6.45, 7) is 3.27. The number of hydrogen-bond acceptors (Lipinski definition) is 2. The number of benzene rings is 3. The summed E-state index contributed by atoms with van der Waals surface area (Å²) in [6, 6.07) is 22.3. The first-order valence-electron chi connectivity index (χ1n) is 8.07. The van der Waals surface area contributed by atoms with Gasteiger partial charge in [0.05, 0.1) is 4.47 Å². The predicted octanol–water partition coefficient (Wildman–Crippen LogP) is 6.60. The fourth-order valence-corrected chi connectivity index (χ4v) is 3.13.